The molecule has 106 valence electrons. The fourth-order valence-corrected chi connectivity index (χ4v) is 2.93. The number of aromatic nitrogens is 1. The van der Waals surface area contributed by atoms with Crippen molar-refractivity contribution in [1.29, 1.82) is 0 Å². The lowest BCUT2D eigenvalue weighted by Gasteiger charge is -2.14. The molecular weight excluding hydrogens is 254 g/mol. The number of nitrogens with zero attached hydrogens (tertiary/aromatic N) is 1. The summed E-state index contributed by atoms with van der Waals surface area (Å²) in [6.07, 6.45) is 3.57. The van der Waals surface area contributed by atoms with Gasteiger partial charge in [0.2, 0.25) is 0 Å². The van der Waals surface area contributed by atoms with Crippen LogP contribution in [0.4, 0.5) is 0 Å². The highest BCUT2D eigenvalue weighted by Gasteiger charge is 2.12. The lowest BCUT2D eigenvalue weighted by atomic mass is 9.94. The summed E-state index contributed by atoms with van der Waals surface area (Å²) in [5.41, 5.74) is 6.22. The zero-order valence-corrected chi connectivity index (χ0v) is 12.8. The highest BCUT2D eigenvalue weighted by Crippen LogP contribution is 2.30. The van der Waals surface area contributed by atoms with Gasteiger partial charge in [0.15, 0.2) is 0 Å². The number of benzene rings is 2. The molecule has 0 amide bonds. The topological polar surface area (TPSA) is 12.9 Å². The molecule has 0 bridgehead atoms. The Morgan fingerprint density at radius 1 is 0.905 bits per heavy atom. The summed E-state index contributed by atoms with van der Waals surface area (Å²) in [7, 11) is 0. The minimum absolute atomic E-state index is 1.10. The highest BCUT2D eigenvalue weighted by atomic mass is 14.7. The number of fused-ring (bicyclic) bond motifs is 1. The molecule has 0 radical (unpaired) electrons. The van der Waals surface area contributed by atoms with Crippen molar-refractivity contribution in [2.75, 3.05) is 0 Å². The zero-order chi connectivity index (χ0) is 14.7. The maximum absolute atomic E-state index is 4.91. The lowest BCUT2D eigenvalue weighted by molar-refractivity contribution is 0.795. The van der Waals surface area contributed by atoms with E-state index in [1.807, 2.05) is 0 Å². The average Bonchev–Trinajstić information content (AvgIpc) is 2.54. The van der Waals surface area contributed by atoms with Crippen LogP contribution in [0.3, 0.4) is 0 Å². The summed E-state index contributed by atoms with van der Waals surface area (Å²) in [6, 6.07) is 19.0. The SMILES string of the molecule is CCCCc1c(C)c(-c2ccccc2)nc2ccccc12. The number of unbranched alkanes of at least 4 members (excludes halogenated alkanes) is 1. The van der Waals surface area contributed by atoms with Crippen molar-refractivity contribution < 1.29 is 0 Å². The molecule has 3 rings (SSSR count). The Hall–Kier alpha value is -2.15. The molecule has 0 aliphatic rings. The Balaban J connectivity index is 2.24. The fourth-order valence-electron chi connectivity index (χ4n) is 2.93. The van der Waals surface area contributed by atoms with Crippen LogP contribution in [0.25, 0.3) is 22.2 Å². The smallest absolute Gasteiger partial charge is 0.0741 e. The first-order valence-corrected chi connectivity index (χ1v) is 7.75. The van der Waals surface area contributed by atoms with Crippen LogP contribution in [0.5, 0.6) is 0 Å². The molecule has 0 aliphatic carbocycles. The van der Waals surface area contributed by atoms with Crippen LogP contribution in [-0.2, 0) is 6.42 Å². The van der Waals surface area contributed by atoms with Gasteiger partial charge in [0.25, 0.3) is 0 Å². The predicted molar refractivity (Wildman–Crippen MR) is 90.5 cm³/mol. The number of rotatable bonds is 4. The van der Waals surface area contributed by atoms with Crippen molar-refractivity contribution in [3.8, 4) is 11.3 Å². The molecule has 0 aliphatic heterocycles. The van der Waals surface area contributed by atoms with E-state index < -0.39 is 0 Å². The van der Waals surface area contributed by atoms with E-state index in [9.17, 15) is 0 Å². The molecule has 2 aromatic carbocycles. The van der Waals surface area contributed by atoms with Crippen LogP contribution >= 0.6 is 0 Å². The Morgan fingerprint density at radius 3 is 2.38 bits per heavy atom. The maximum atomic E-state index is 4.91. The number of hydrogen-bond acceptors (Lipinski definition) is 1. The summed E-state index contributed by atoms with van der Waals surface area (Å²) in [5.74, 6) is 0. The standard InChI is InChI=1S/C20H21N/c1-3-4-12-17-15(2)20(16-10-6-5-7-11-16)21-19-14-9-8-13-18(17)19/h5-11,13-14H,3-4,12H2,1-2H3. The van der Waals surface area contributed by atoms with Crippen LogP contribution in [0.2, 0.25) is 0 Å². The second-order valence-corrected chi connectivity index (χ2v) is 5.55. The van der Waals surface area contributed by atoms with E-state index in [1.54, 1.807) is 0 Å². The van der Waals surface area contributed by atoms with Crippen molar-refractivity contribution >= 4 is 10.9 Å². The van der Waals surface area contributed by atoms with E-state index in [1.165, 1.54) is 34.9 Å². The van der Waals surface area contributed by atoms with Crippen molar-refractivity contribution in [2.24, 2.45) is 0 Å². The van der Waals surface area contributed by atoms with Gasteiger partial charge in [-0.15, -0.1) is 0 Å². The van der Waals surface area contributed by atoms with Crippen LogP contribution in [0.1, 0.15) is 30.9 Å². The molecule has 1 heterocycles. The number of hydrogen-bond donors (Lipinski definition) is 0. The maximum Gasteiger partial charge on any atom is 0.0741 e. The summed E-state index contributed by atoms with van der Waals surface area (Å²) < 4.78 is 0. The van der Waals surface area contributed by atoms with E-state index in [0.29, 0.717) is 0 Å². The molecule has 0 spiro atoms. The van der Waals surface area contributed by atoms with Crippen molar-refractivity contribution in [3.05, 3.63) is 65.7 Å². The third-order valence-corrected chi connectivity index (χ3v) is 4.10. The Kier molecular flexibility index (Phi) is 4.01. The van der Waals surface area contributed by atoms with Gasteiger partial charge in [-0.2, -0.15) is 0 Å². The molecular formula is C20H21N. The molecule has 1 aromatic heterocycles. The Morgan fingerprint density at radius 2 is 1.62 bits per heavy atom. The highest BCUT2D eigenvalue weighted by molar-refractivity contribution is 5.87. The van der Waals surface area contributed by atoms with Crippen LogP contribution < -0.4 is 0 Å². The first-order chi connectivity index (χ1) is 10.3. The van der Waals surface area contributed by atoms with Gasteiger partial charge in [-0.1, -0.05) is 61.9 Å². The minimum atomic E-state index is 1.10. The van der Waals surface area contributed by atoms with Gasteiger partial charge in [0.05, 0.1) is 11.2 Å². The van der Waals surface area contributed by atoms with E-state index in [2.05, 4.69) is 68.4 Å². The summed E-state index contributed by atoms with van der Waals surface area (Å²) >= 11 is 0. The second-order valence-electron chi connectivity index (χ2n) is 5.55. The van der Waals surface area contributed by atoms with Gasteiger partial charge in [-0.3, -0.25) is 0 Å². The van der Waals surface area contributed by atoms with Crippen molar-refractivity contribution in [3.63, 3.8) is 0 Å². The van der Waals surface area contributed by atoms with E-state index >= 15 is 0 Å². The molecule has 0 atom stereocenters. The quantitative estimate of drug-likeness (QED) is 0.608. The van der Waals surface area contributed by atoms with Crippen molar-refractivity contribution in [1.82, 2.24) is 4.98 Å². The predicted octanol–water partition coefficient (Wildman–Crippen LogP) is 5.55. The van der Waals surface area contributed by atoms with Gasteiger partial charge < -0.3 is 0 Å². The minimum Gasteiger partial charge on any atom is -0.247 e. The van der Waals surface area contributed by atoms with Crippen LogP contribution in [0.15, 0.2) is 54.6 Å². The average molecular weight is 275 g/mol. The van der Waals surface area contributed by atoms with Gasteiger partial charge in [-0.05, 0) is 37.0 Å². The number of para-hydroxylation sites is 1. The van der Waals surface area contributed by atoms with Crippen LogP contribution in [0, 0.1) is 6.92 Å². The molecule has 0 unspecified atom stereocenters. The monoisotopic (exact) mass is 275 g/mol. The molecule has 21 heavy (non-hydrogen) atoms. The zero-order valence-electron chi connectivity index (χ0n) is 12.8. The van der Waals surface area contributed by atoms with Gasteiger partial charge in [-0.25, -0.2) is 4.98 Å². The van der Waals surface area contributed by atoms with Gasteiger partial charge in [0, 0.05) is 10.9 Å². The normalized spacial score (nSPS) is 11.0. The largest absolute Gasteiger partial charge is 0.247 e. The third kappa shape index (κ3) is 2.69. The Bertz CT molecular complexity index is 744. The molecule has 0 saturated heterocycles. The number of pyridine rings is 1. The first kappa shape index (κ1) is 13.8. The van der Waals surface area contributed by atoms with Crippen LogP contribution in [-0.4, -0.2) is 4.98 Å². The molecule has 0 fully saturated rings. The van der Waals surface area contributed by atoms with E-state index in [-0.39, 0.29) is 0 Å². The molecule has 1 nitrogen and oxygen atoms in total. The van der Waals surface area contributed by atoms with Gasteiger partial charge in [0.1, 0.15) is 0 Å². The summed E-state index contributed by atoms with van der Waals surface area (Å²) in [4.78, 5) is 4.91. The summed E-state index contributed by atoms with van der Waals surface area (Å²) in [5, 5.41) is 1.31. The molecule has 0 saturated carbocycles. The fraction of sp³-hybridized carbons (Fsp3) is 0.250. The van der Waals surface area contributed by atoms with Gasteiger partial charge >= 0.3 is 0 Å². The second kappa shape index (κ2) is 6.09. The molecule has 0 N–H and O–H groups in total. The first-order valence-electron chi connectivity index (χ1n) is 7.75. The van der Waals surface area contributed by atoms with Crippen molar-refractivity contribution in [2.45, 2.75) is 33.1 Å². The lowest BCUT2D eigenvalue weighted by Crippen LogP contribution is -1.98. The molecule has 3 aromatic rings. The third-order valence-electron chi connectivity index (χ3n) is 4.10. The summed E-state index contributed by atoms with van der Waals surface area (Å²) in [6.45, 7) is 4.46. The molecule has 1 heteroatoms. The van der Waals surface area contributed by atoms with E-state index in [4.69, 9.17) is 4.98 Å². The Labute approximate surface area is 126 Å². The number of aryl methyl sites for hydroxylation is 1. The van der Waals surface area contributed by atoms with E-state index in [0.717, 1.165) is 17.6 Å².